The number of ether oxygens (including phenoxy) is 2. The predicted molar refractivity (Wildman–Crippen MR) is 280 cm³/mol. The van der Waals surface area contributed by atoms with Crippen LogP contribution in [0.25, 0.3) is 21.8 Å². The van der Waals surface area contributed by atoms with Crippen LogP contribution in [-0.4, -0.2) is 200 Å². The summed E-state index contributed by atoms with van der Waals surface area (Å²) < 4.78 is 11.4. The molecule has 6 rings (SSSR count). The molecule has 0 radical (unpaired) electrons. The molecule has 0 aliphatic carbocycles. The van der Waals surface area contributed by atoms with Gasteiger partial charge in [-0.2, -0.15) is 11.8 Å². The lowest BCUT2D eigenvalue weighted by atomic mass is 10.0. The second-order valence-corrected chi connectivity index (χ2v) is 20.7. The highest BCUT2D eigenvalue weighted by molar-refractivity contribution is 7.99. The first-order valence-electron chi connectivity index (χ1n) is 24.7. The van der Waals surface area contributed by atoms with Gasteiger partial charge in [0, 0.05) is 50.5 Å². The van der Waals surface area contributed by atoms with Gasteiger partial charge in [-0.1, -0.05) is 64.1 Å². The number of likely N-dealkylation sites (N-methyl/N-ethyl adjacent to an activating group) is 4. The van der Waals surface area contributed by atoms with E-state index in [-0.39, 0.29) is 11.5 Å². The first kappa shape index (κ1) is 58.2. The van der Waals surface area contributed by atoms with Crippen molar-refractivity contribution in [3.8, 4) is 11.5 Å². The molecule has 412 valence electrons. The lowest BCUT2D eigenvalue weighted by Gasteiger charge is -2.37. The maximum atomic E-state index is 14.9. The van der Waals surface area contributed by atoms with Crippen molar-refractivity contribution in [2.75, 3.05) is 52.9 Å². The van der Waals surface area contributed by atoms with Crippen LogP contribution >= 0.6 is 11.8 Å². The minimum Gasteiger partial charge on any atom is -0.505 e. The summed E-state index contributed by atoms with van der Waals surface area (Å²) in [6.45, 7) is 7.35. The van der Waals surface area contributed by atoms with Gasteiger partial charge >= 0.3 is 11.9 Å². The maximum Gasteiger partial charge on any atom is 0.329 e. The van der Waals surface area contributed by atoms with Gasteiger partial charge in [-0.05, 0) is 49.9 Å². The Labute approximate surface area is 447 Å². The van der Waals surface area contributed by atoms with Gasteiger partial charge in [0.05, 0.1) is 11.0 Å². The molecule has 0 saturated carbocycles. The zero-order valence-corrected chi connectivity index (χ0v) is 45.1. The Balaban J connectivity index is 1.40. The van der Waals surface area contributed by atoms with Crippen molar-refractivity contribution in [2.24, 2.45) is 11.8 Å². The molecule has 25 heteroatoms. The molecule has 6 N–H and O–H groups in total. The number of pyridine rings is 2. The van der Waals surface area contributed by atoms with Crippen LogP contribution in [0.5, 0.6) is 11.5 Å². The van der Waals surface area contributed by atoms with Gasteiger partial charge in [0.1, 0.15) is 73.0 Å². The number of para-hydroxylation sites is 2. The van der Waals surface area contributed by atoms with Crippen LogP contribution in [0, 0.1) is 11.8 Å². The number of esters is 2. The summed E-state index contributed by atoms with van der Waals surface area (Å²) in [6.07, 6.45) is 0. The van der Waals surface area contributed by atoms with Crippen LogP contribution in [0.3, 0.4) is 0 Å². The number of cyclic esters (lactones) is 2. The van der Waals surface area contributed by atoms with Crippen LogP contribution < -0.4 is 21.3 Å². The number of hydrogen-bond acceptors (Lipinski definition) is 17. The molecule has 2 aliphatic heterocycles. The summed E-state index contributed by atoms with van der Waals surface area (Å²) in [5.74, 6) is -12.5. The Morgan fingerprint density at radius 2 is 0.935 bits per heavy atom. The monoisotopic (exact) mass is 1080 g/mol. The number of fused-ring (bicyclic) bond motifs is 6. The smallest absolute Gasteiger partial charge is 0.329 e. The first-order valence-corrected chi connectivity index (χ1v) is 25.9. The zero-order chi connectivity index (χ0) is 56.7. The Hall–Kier alpha value is -8.09. The second-order valence-electron chi connectivity index (χ2n) is 19.6. The van der Waals surface area contributed by atoms with Crippen molar-refractivity contribution >= 4 is 92.8 Å². The Bertz CT molecular complexity index is 2780. The standard InChI is InChI=1S/C52H64N10O14S/c1-25(2)41-51(73)75-21-33(57-45(67)39-37(63)19-29-15-11-13-17-31(29)55-39)43(65)53-28(6)48(70)60(8)36-24-77-23-35(49(71)61(41)9)59(7)47(69)27(5)54-44(66)34(22-76-52(74)42(26(3)4)62(10)50(36)72)58-46(68)40-38(64)20-30-16-12-14-18-32(30)56-40/h11-20,25-28,33-36,41-42,63-64H,21-24H2,1-10H3,(H,53,65)(H,54,66)(H,57,67)(H,58,68)/t27-,28-,33+,34+,35-,36-,41-,42?/m0/s1. The van der Waals surface area contributed by atoms with E-state index in [0.29, 0.717) is 21.8 Å². The average molecular weight is 1090 g/mol. The van der Waals surface area contributed by atoms with Gasteiger partial charge in [-0.3, -0.25) is 38.4 Å². The molecular weight excluding hydrogens is 1020 g/mol. The summed E-state index contributed by atoms with van der Waals surface area (Å²) in [4.78, 5) is 156. The molecule has 8 atom stereocenters. The molecule has 77 heavy (non-hydrogen) atoms. The second kappa shape index (κ2) is 24.7. The topological polar surface area (TPSA) is 316 Å². The molecule has 4 aromatic rings. The molecule has 2 bridgehead atoms. The van der Waals surface area contributed by atoms with Crippen LogP contribution in [-0.2, 0) is 47.8 Å². The van der Waals surface area contributed by atoms with Gasteiger partial charge < -0.3 is 60.6 Å². The van der Waals surface area contributed by atoms with E-state index in [1.807, 2.05) is 0 Å². The van der Waals surface area contributed by atoms with E-state index in [4.69, 9.17) is 9.47 Å². The normalized spacial score (nSPS) is 24.4. The van der Waals surface area contributed by atoms with Gasteiger partial charge in [0.25, 0.3) is 11.8 Å². The van der Waals surface area contributed by atoms with Crippen molar-refractivity contribution < 1.29 is 67.6 Å². The van der Waals surface area contributed by atoms with Crippen LogP contribution in [0.2, 0.25) is 0 Å². The zero-order valence-electron chi connectivity index (χ0n) is 44.3. The summed E-state index contributed by atoms with van der Waals surface area (Å²) >= 11 is 0.973. The number of benzene rings is 2. The van der Waals surface area contributed by atoms with E-state index in [9.17, 15) is 58.2 Å². The lowest BCUT2D eigenvalue weighted by Crippen LogP contribution is -2.60. The van der Waals surface area contributed by atoms with Gasteiger partial charge in [0.15, 0.2) is 11.4 Å². The third-order valence-electron chi connectivity index (χ3n) is 13.4. The predicted octanol–water partition coefficient (Wildman–Crippen LogP) is 0.567. The number of nitrogens with zero attached hydrogens (tertiary/aromatic N) is 6. The summed E-state index contributed by atoms with van der Waals surface area (Å²) in [5, 5.41) is 32.6. The van der Waals surface area contributed by atoms with E-state index in [0.717, 1.165) is 31.4 Å². The summed E-state index contributed by atoms with van der Waals surface area (Å²) in [7, 11) is 5.16. The number of carbonyl (C=O) groups excluding carboxylic acids is 10. The Kier molecular flexibility index (Phi) is 18.7. The van der Waals surface area contributed by atoms with Gasteiger partial charge in [-0.15, -0.1) is 0 Å². The molecule has 8 amide bonds. The molecule has 2 aliphatic rings. The number of aromatic nitrogens is 2. The number of carbonyl (C=O) groups is 10. The Morgan fingerprint density at radius 3 is 1.29 bits per heavy atom. The van der Waals surface area contributed by atoms with Gasteiger partial charge in [0.2, 0.25) is 35.4 Å². The molecule has 2 aromatic carbocycles. The van der Waals surface area contributed by atoms with E-state index < -0.39 is 155 Å². The largest absolute Gasteiger partial charge is 0.505 e. The SMILES string of the molecule is CC(C)C1C(=O)OC[C@@H](NC(=O)c2nc3ccccc3cc2O)C(=O)N[C@@H](C)C(=O)N(C)[C@H]2CSC[C@@H](C(=O)N1C)N(C)C(=O)[C@H](C)NC(=O)[C@H](NC(=O)c1nc3ccccc3cc1O)COC(=O)[C@H](C(C)C)N(C)C2=O. The summed E-state index contributed by atoms with van der Waals surface area (Å²) in [6, 6.07) is 3.78. The molecule has 2 aromatic heterocycles. The van der Waals surface area contributed by atoms with Crippen LogP contribution in [0.1, 0.15) is 62.5 Å². The first-order chi connectivity index (χ1) is 36.3. The molecule has 2 fully saturated rings. The maximum absolute atomic E-state index is 14.9. The molecule has 0 spiro atoms. The number of thioether (sulfide) groups is 1. The molecular formula is C52H64N10O14S. The number of rotatable bonds is 6. The number of aromatic hydroxyl groups is 2. The van der Waals surface area contributed by atoms with E-state index in [2.05, 4.69) is 31.2 Å². The van der Waals surface area contributed by atoms with Crippen LogP contribution in [0.4, 0.5) is 0 Å². The summed E-state index contributed by atoms with van der Waals surface area (Å²) in [5.41, 5.74) is -0.279. The van der Waals surface area contributed by atoms with Crippen molar-refractivity contribution in [1.82, 2.24) is 50.8 Å². The van der Waals surface area contributed by atoms with Crippen molar-refractivity contribution in [3.05, 3.63) is 72.1 Å². The molecule has 24 nitrogen and oxygen atoms in total. The highest BCUT2D eigenvalue weighted by Gasteiger charge is 2.43. The fraction of sp³-hybridized carbons (Fsp3) is 0.462. The van der Waals surface area contributed by atoms with Crippen molar-refractivity contribution in [3.63, 3.8) is 0 Å². The Morgan fingerprint density at radius 1 is 0.584 bits per heavy atom. The average Bonchev–Trinajstić information content (AvgIpc) is 3.39. The fourth-order valence-corrected chi connectivity index (χ4v) is 10.3. The minimum absolute atomic E-state index is 0.270. The quantitative estimate of drug-likeness (QED) is 0.144. The van der Waals surface area contributed by atoms with E-state index >= 15 is 0 Å². The minimum atomic E-state index is -1.75. The number of amides is 8. The van der Waals surface area contributed by atoms with Crippen molar-refractivity contribution in [1.29, 1.82) is 0 Å². The van der Waals surface area contributed by atoms with E-state index in [1.54, 1.807) is 76.2 Å². The number of hydrogen-bond donors (Lipinski definition) is 6. The number of nitrogens with one attached hydrogen (secondary N) is 4. The molecule has 4 heterocycles. The van der Waals surface area contributed by atoms with Gasteiger partial charge in [-0.25, -0.2) is 19.6 Å². The lowest BCUT2D eigenvalue weighted by molar-refractivity contribution is -0.160. The van der Waals surface area contributed by atoms with Crippen molar-refractivity contribution in [2.45, 2.75) is 89.9 Å². The third-order valence-corrected chi connectivity index (χ3v) is 14.5. The highest BCUT2D eigenvalue weighted by atomic mass is 32.2. The fourth-order valence-electron chi connectivity index (χ4n) is 9.02. The molecule has 2 saturated heterocycles. The highest BCUT2D eigenvalue weighted by Crippen LogP contribution is 2.26. The molecule has 1 unspecified atom stereocenters. The van der Waals surface area contributed by atoms with E-state index in [1.165, 1.54) is 54.2 Å². The third kappa shape index (κ3) is 13.1. The van der Waals surface area contributed by atoms with Crippen LogP contribution in [0.15, 0.2) is 60.7 Å².